The van der Waals surface area contributed by atoms with Crippen LogP contribution in [0.5, 0.6) is 0 Å². The van der Waals surface area contributed by atoms with Gasteiger partial charge in [-0.2, -0.15) is 5.26 Å². The largest absolute Gasteiger partial charge is 0.297 e. The molecule has 1 aliphatic rings. The molecule has 1 aromatic rings. The molecule has 3 heteroatoms. The molecule has 1 unspecified atom stereocenters. The van der Waals surface area contributed by atoms with E-state index in [1.165, 1.54) is 11.1 Å². The molecule has 0 N–H and O–H groups in total. The first-order valence-electron chi connectivity index (χ1n) is 7.02. The first-order valence-corrected chi connectivity index (χ1v) is 7.02. The number of nitriles is 1. The number of hydrogen-bond donors (Lipinski definition) is 0. The van der Waals surface area contributed by atoms with Crippen molar-refractivity contribution in [1.29, 1.82) is 5.26 Å². The first-order chi connectivity index (χ1) is 9.13. The van der Waals surface area contributed by atoms with E-state index in [-0.39, 0.29) is 0 Å². The second-order valence-electron chi connectivity index (χ2n) is 5.67. The predicted octanol–water partition coefficient (Wildman–Crippen LogP) is 2.62. The third-order valence-corrected chi connectivity index (χ3v) is 4.00. The summed E-state index contributed by atoms with van der Waals surface area (Å²) in [5, 5.41) is 8.88. The minimum absolute atomic E-state index is 0.403. The molecule has 1 aliphatic heterocycles. The topological polar surface area (TPSA) is 30.3 Å². The highest BCUT2D eigenvalue weighted by Gasteiger charge is 2.27. The summed E-state index contributed by atoms with van der Waals surface area (Å²) in [5.74, 6) is 0.538. The summed E-state index contributed by atoms with van der Waals surface area (Å²) in [6, 6.07) is 11.4. The molecule has 1 heterocycles. The van der Waals surface area contributed by atoms with E-state index in [9.17, 15) is 0 Å². The first kappa shape index (κ1) is 14.0. The normalized spacial score (nSPS) is 21.5. The van der Waals surface area contributed by atoms with E-state index in [1.54, 1.807) is 0 Å². The molecule has 102 valence electrons. The van der Waals surface area contributed by atoms with Crippen LogP contribution in [0.1, 0.15) is 36.9 Å². The Morgan fingerprint density at radius 2 is 2.05 bits per heavy atom. The highest BCUT2D eigenvalue weighted by molar-refractivity contribution is 5.33. The zero-order chi connectivity index (χ0) is 13.8. The lowest BCUT2D eigenvalue weighted by molar-refractivity contribution is 0.105. The minimum atomic E-state index is 0.403. The van der Waals surface area contributed by atoms with Crippen molar-refractivity contribution < 1.29 is 0 Å². The minimum Gasteiger partial charge on any atom is -0.297 e. The maximum atomic E-state index is 8.88. The SMILES string of the molecule is CC(C)c1ccccc1C1CN(CC#N)CCN1C. The van der Waals surface area contributed by atoms with E-state index in [0.717, 1.165) is 19.6 Å². The van der Waals surface area contributed by atoms with Crippen LogP contribution >= 0.6 is 0 Å². The summed E-state index contributed by atoms with van der Waals surface area (Å²) in [6.07, 6.45) is 0. The molecule has 3 nitrogen and oxygen atoms in total. The second-order valence-corrected chi connectivity index (χ2v) is 5.67. The van der Waals surface area contributed by atoms with Crippen molar-refractivity contribution in [1.82, 2.24) is 9.80 Å². The van der Waals surface area contributed by atoms with Gasteiger partial charge >= 0.3 is 0 Å². The van der Waals surface area contributed by atoms with Gasteiger partial charge in [0.2, 0.25) is 0 Å². The van der Waals surface area contributed by atoms with E-state index in [0.29, 0.717) is 18.5 Å². The second kappa shape index (κ2) is 6.18. The molecule has 0 aromatic heterocycles. The molecule has 0 aliphatic carbocycles. The van der Waals surface area contributed by atoms with Crippen molar-refractivity contribution in [2.45, 2.75) is 25.8 Å². The summed E-state index contributed by atoms with van der Waals surface area (Å²) >= 11 is 0. The molecule has 0 radical (unpaired) electrons. The van der Waals surface area contributed by atoms with Crippen LogP contribution in [-0.2, 0) is 0 Å². The molecule has 0 bridgehead atoms. The Labute approximate surface area is 116 Å². The summed E-state index contributed by atoms with van der Waals surface area (Å²) < 4.78 is 0. The van der Waals surface area contributed by atoms with Gasteiger partial charge in [0.1, 0.15) is 0 Å². The predicted molar refractivity (Wildman–Crippen MR) is 78.0 cm³/mol. The van der Waals surface area contributed by atoms with E-state index in [2.05, 4.69) is 61.0 Å². The summed E-state index contributed by atoms with van der Waals surface area (Å²) in [6.45, 7) is 7.99. The van der Waals surface area contributed by atoms with Crippen molar-refractivity contribution in [2.75, 3.05) is 33.2 Å². The maximum absolute atomic E-state index is 8.88. The Morgan fingerprint density at radius 3 is 2.74 bits per heavy atom. The Morgan fingerprint density at radius 1 is 1.32 bits per heavy atom. The quantitative estimate of drug-likeness (QED) is 0.780. The lowest BCUT2D eigenvalue weighted by Crippen LogP contribution is -2.46. The molecular formula is C16H23N3. The smallest absolute Gasteiger partial charge is 0.0867 e. The van der Waals surface area contributed by atoms with Gasteiger partial charge in [-0.15, -0.1) is 0 Å². The highest BCUT2D eigenvalue weighted by atomic mass is 15.3. The molecule has 1 aromatic carbocycles. The molecule has 2 rings (SSSR count). The van der Waals surface area contributed by atoms with Crippen LogP contribution in [0.4, 0.5) is 0 Å². The van der Waals surface area contributed by atoms with Gasteiger partial charge in [0.25, 0.3) is 0 Å². The van der Waals surface area contributed by atoms with Crippen molar-refractivity contribution >= 4 is 0 Å². The van der Waals surface area contributed by atoms with E-state index < -0.39 is 0 Å². The third-order valence-electron chi connectivity index (χ3n) is 4.00. The monoisotopic (exact) mass is 257 g/mol. The van der Waals surface area contributed by atoms with Crippen LogP contribution in [0.25, 0.3) is 0 Å². The molecule has 0 spiro atoms. The molecule has 0 saturated carbocycles. The molecule has 1 atom stereocenters. The molecule has 0 amide bonds. The van der Waals surface area contributed by atoms with E-state index in [1.807, 2.05) is 0 Å². The fourth-order valence-electron chi connectivity index (χ4n) is 2.85. The summed E-state index contributed by atoms with van der Waals surface area (Å²) in [7, 11) is 2.19. The standard InChI is InChI=1S/C16H23N3/c1-13(2)14-6-4-5-7-15(14)16-12-19(9-8-17)11-10-18(16)3/h4-7,13,16H,9-12H2,1-3H3. The van der Waals surface area contributed by atoms with Gasteiger partial charge in [0, 0.05) is 25.7 Å². The average Bonchev–Trinajstić information content (AvgIpc) is 2.41. The Balaban J connectivity index is 2.26. The number of nitrogens with zero attached hydrogens (tertiary/aromatic N) is 3. The Bertz CT molecular complexity index is 461. The van der Waals surface area contributed by atoms with E-state index in [4.69, 9.17) is 5.26 Å². The lowest BCUT2D eigenvalue weighted by atomic mass is 9.91. The lowest BCUT2D eigenvalue weighted by Gasteiger charge is -2.39. The highest BCUT2D eigenvalue weighted by Crippen LogP contribution is 2.30. The van der Waals surface area contributed by atoms with Crippen LogP contribution in [0, 0.1) is 11.3 Å². The van der Waals surface area contributed by atoms with Crippen molar-refractivity contribution in [3.63, 3.8) is 0 Å². The van der Waals surface area contributed by atoms with E-state index >= 15 is 0 Å². The Hall–Kier alpha value is -1.37. The van der Waals surface area contributed by atoms with Gasteiger partial charge in [0.15, 0.2) is 0 Å². The van der Waals surface area contributed by atoms with Gasteiger partial charge in [-0.05, 0) is 24.1 Å². The molecule has 19 heavy (non-hydrogen) atoms. The maximum Gasteiger partial charge on any atom is 0.0867 e. The Kier molecular flexibility index (Phi) is 4.57. The van der Waals surface area contributed by atoms with Crippen molar-refractivity contribution in [3.8, 4) is 6.07 Å². The van der Waals surface area contributed by atoms with Crippen LogP contribution in [0.2, 0.25) is 0 Å². The average molecular weight is 257 g/mol. The number of rotatable bonds is 3. The fourth-order valence-corrected chi connectivity index (χ4v) is 2.85. The zero-order valence-corrected chi connectivity index (χ0v) is 12.1. The number of likely N-dealkylation sites (N-methyl/N-ethyl adjacent to an activating group) is 1. The van der Waals surface area contributed by atoms with Gasteiger partial charge in [-0.3, -0.25) is 9.80 Å². The third kappa shape index (κ3) is 3.15. The summed E-state index contributed by atoms with van der Waals surface area (Å²) in [4.78, 5) is 4.66. The van der Waals surface area contributed by atoms with Gasteiger partial charge in [0.05, 0.1) is 12.6 Å². The number of piperazine rings is 1. The summed E-state index contributed by atoms with van der Waals surface area (Å²) in [5.41, 5.74) is 2.85. The van der Waals surface area contributed by atoms with Gasteiger partial charge in [-0.1, -0.05) is 38.1 Å². The van der Waals surface area contributed by atoms with Crippen LogP contribution in [0.15, 0.2) is 24.3 Å². The zero-order valence-electron chi connectivity index (χ0n) is 12.1. The number of hydrogen-bond acceptors (Lipinski definition) is 3. The van der Waals surface area contributed by atoms with Gasteiger partial charge in [-0.25, -0.2) is 0 Å². The number of benzene rings is 1. The molecule has 1 saturated heterocycles. The van der Waals surface area contributed by atoms with Crippen LogP contribution in [-0.4, -0.2) is 43.0 Å². The van der Waals surface area contributed by atoms with Crippen molar-refractivity contribution in [3.05, 3.63) is 35.4 Å². The van der Waals surface area contributed by atoms with Crippen LogP contribution in [0.3, 0.4) is 0 Å². The van der Waals surface area contributed by atoms with Crippen LogP contribution < -0.4 is 0 Å². The fraction of sp³-hybridized carbons (Fsp3) is 0.562. The molecular weight excluding hydrogens is 234 g/mol. The van der Waals surface area contributed by atoms with Crippen molar-refractivity contribution in [2.24, 2.45) is 0 Å². The van der Waals surface area contributed by atoms with Gasteiger partial charge < -0.3 is 0 Å². The molecule has 1 fully saturated rings.